The number of piperidine rings is 1. The molecule has 0 radical (unpaired) electrons. The molecular formula is C20H30N2O3. The lowest BCUT2D eigenvalue weighted by molar-refractivity contribution is -0.0732. The van der Waals surface area contributed by atoms with E-state index in [0.717, 1.165) is 44.2 Å². The Kier molecular flexibility index (Phi) is 6.10. The number of rotatable bonds is 5. The summed E-state index contributed by atoms with van der Waals surface area (Å²) in [6, 6.07) is 7.31. The molecule has 0 aromatic heterocycles. The third kappa shape index (κ3) is 5.27. The van der Waals surface area contributed by atoms with Gasteiger partial charge in [0.25, 0.3) is 0 Å². The van der Waals surface area contributed by atoms with Crippen molar-refractivity contribution < 1.29 is 14.6 Å². The van der Waals surface area contributed by atoms with Gasteiger partial charge in [-0.25, -0.2) is 4.79 Å². The average molecular weight is 346 g/mol. The number of likely N-dealkylation sites (tertiary alicyclic amines) is 1. The van der Waals surface area contributed by atoms with Gasteiger partial charge in [-0.3, -0.25) is 9.80 Å². The van der Waals surface area contributed by atoms with Crippen molar-refractivity contribution in [3.05, 3.63) is 35.4 Å². The van der Waals surface area contributed by atoms with Crippen LogP contribution in [-0.4, -0.2) is 65.8 Å². The molecule has 1 aromatic rings. The van der Waals surface area contributed by atoms with E-state index in [0.29, 0.717) is 17.8 Å². The van der Waals surface area contributed by atoms with Crippen LogP contribution >= 0.6 is 0 Å². The number of hydrogen-bond donors (Lipinski definition) is 1. The summed E-state index contributed by atoms with van der Waals surface area (Å²) in [6.45, 7) is 10.6. The second-order valence-corrected chi connectivity index (χ2v) is 7.70. The number of morpholine rings is 1. The van der Waals surface area contributed by atoms with Crippen LogP contribution in [0.4, 0.5) is 0 Å². The van der Waals surface area contributed by atoms with Crippen LogP contribution in [0.3, 0.4) is 0 Å². The van der Waals surface area contributed by atoms with E-state index in [-0.39, 0.29) is 0 Å². The normalized spacial score (nSPS) is 26.6. The molecule has 2 saturated heterocycles. The Labute approximate surface area is 150 Å². The van der Waals surface area contributed by atoms with E-state index < -0.39 is 5.97 Å². The van der Waals surface area contributed by atoms with Crippen LogP contribution in [0.1, 0.15) is 42.6 Å². The number of carboxylic acid groups (broad SMARTS) is 1. The molecule has 0 spiro atoms. The number of ether oxygens (including phenoxy) is 1. The minimum atomic E-state index is -0.852. The lowest BCUT2D eigenvalue weighted by Crippen LogP contribution is -2.48. The highest BCUT2D eigenvalue weighted by molar-refractivity contribution is 5.87. The van der Waals surface area contributed by atoms with Gasteiger partial charge in [0.1, 0.15) is 0 Å². The van der Waals surface area contributed by atoms with E-state index in [1.807, 2.05) is 12.1 Å². The summed E-state index contributed by atoms with van der Waals surface area (Å²) in [6.07, 6.45) is 3.12. The number of carboxylic acids is 1. The Hall–Kier alpha value is -1.43. The van der Waals surface area contributed by atoms with Crippen LogP contribution in [0.2, 0.25) is 0 Å². The first-order chi connectivity index (χ1) is 12.0. The highest BCUT2D eigenvalue weighted by atomic mass is 16.5. The second kappa shape index (κ2) is 8.30. The molecule has 2 heterocycles. The maximum absolute atomic E-state index is 11.1. The van der Waals surface area contributed by atoms with Crippen LogP contribution in [0.25, 0.3) is 0 Å². The SMILES string of the molecule is CC1CN(CC2CCN(Cc3cccc(C(=O)O)c3)CC2)CC(C)O1. The smallest absolute Gasteiger partial charge is 0.335 e. The predicted molar refractivity (Wildman–Crippen MR) is 97.9 cm³/mol. The molecule has 5 heteroatoms. The molecule has 0 saturated carbocycles. The van der Waals surface area contributed by atoms with Crippen LogP contribution in [-0.2, 0) is 11.3 Å². The van der Waals surface area contributed by atoms with E-state index >= 15 is 0 Å². The zero-order valence-electron chi connectivity index (χ0n) is 15.4. The van der Waals surface area contributed by atoms with Gasteiger partial charge in [-0.2, -0.15) is 0 Å². The van der Waals surface area contributed by atoms with Gasteiger partial charge < -0.3 is 9.84 Å². The molecule has 25 heavy (non-hydrogen) atoms. The predicted octanol–water partition coefficient (Wildman–Crippen LogP) is 2.71. The lowest BCUT2D eigenvalue weighted by atomic mass is 9.95. The number of aromatic carboxylic acids is 1. The van der Waals surface area contributed by atoms with E-state index in [9.17, 15) is 4.79 Å². The van der Waals surface area contributed by atoms with E-state index in [1.165, 1.54) is 19.4 Å². The highest BCUT2D eigenvalue weighted by Crippen LogP contribution is 2.22. The molecule has 3 rings (SSSR count). The van der Waals surface area contributed by atoms with Gasteiger partial charge in [0, 0.05) is 26.2 Å². The van der Waals surface area contributed by atoms with Crippen molar-refractivity contribution in [2.45, 2.75) is 45.4 Å². The fourth-order valence-corrected chi connectivity index (χ4v) is 4.19. The Balaban J connectivity index is 1.46. The van der Waals surface area contributed by atoms with Gasteiger partial charge in [0.05, 0.1) is 17.8 Å². The molecule has 1 N–H and O–H groups in total. The summed E-state index contributed by atoms with van der Waals surface area (Å²) in [7, 11) is 0. The summed E-state index contributed by atoms with van der Waals surface area (Å²) < 4.78 is 5.82. The molecule has 2 unspecified atom stereocenters. The molecule has 0 bridgehead atoms. The fourth-order valence-electron chi connectivity index (χ4n) is 4.19. The van der Waals surface area contributed by atoms with Crippen LogP contribution in [0, 0.1) is 5.92 Å². The minimum absolute atomic E-state index is 0.338. The maximum atomic E-state index is 11.1. The number of carbonyl (C=O) groups is 1. The molecule has 0 amide bonds. The van der Waals surface area contributed by atoms with Gasteiger partial charge in [0.2, 0.25) is 0 Å². The zero-order chi connectivity index (χ0) is 17.8. The fraction of sp³-hybridized carbons (Fsp3) is 0.650. The standard InChI is InChI=1S/C20H30N2O3/c1-15-11-22(12-16(2)25-15)13-17-6-8-21(9-7-17)14-18-4-3-5-19(10-18)20(23)24/h3-5,10,15-17H,6-9,11-14H2,1-2H3,(H,23,24). The average Bonchev–Trinajstić information content (AvgIpc) is 2.56. The van der Waals surface area contributed by atoms with E-state index in [2.05, 4.69) is 23.6 Å². The molecule has 2 aliphatic rings. The van der Waals surface area contributed by atoms with Crippen molar-refractivity contribution in [3.8, 4) is 0 Å². The van der Waals surface area contributed by atoms with E-state index in [4.69, 9.17) is 9.84 Å². The second-order valence-electron chi connectivity index (χ2n) is 7.70. The third-order valence-corrected chi connectivity index (χ3v) is 5.30. The largest absolute Gasteiger partial charge is 0.478 e. The Bertz CT molecular complexity index is 574. The Morgan fingerprint density at radius 3 is 2.48 bits per heavy atom. The van der Waals surface area contributed by atoms with Crippen molar-refractivity contribution in [1.29, 1.82) is 0 Å². The third-order valence-electron chi connectivity index (χ3n) is 5.30. The first kappa shape index (κ1) is 18.4. The van der Waals surface area contributed by atoms with Crippen molar-refractivity contribution >= 4 is 5.97 Å². The quantitative estimate of drug-likeness (QED) is 0.888. The molecular weight excluding hydrogens is 316 g/mol. The number of hydrogen-bond acceptors (Lipinski definition) is 4. The van der Waals surface area contributed by atoms with Gasteiger partial charge in [0.15, 0.2) is 0 Å². The molecule has 2 aliphatic heterocycles. The van der Waals surface area contributed by atoms with Crippen LogP contribution in [0.15, 0.2) is 24.3 Å². The lowest BCUT2D eigenvalue weighted by Gasteiger charge is -2.39. The van der Waals surface area contributed by atoms with Crippen molar-refractivity contribution in [1.82, 2.24) is 9.80 Å². The van der Waals surface area contributed by atoms with Crippen molar-refractivity contribution in [2.24, 2.45) is 5.92 Å². The van der Waals surface area contributed by atoms with Crippen molar-refractivity contribution in [2.75, 3.05) is 32.7 Å². The van der Waals surface area contributed by atoms with Gasteiger partial charge >= 0.3 is 5.97 Å². The summed E-state index contributed by atoms with van der Waals surface area (Å²) >= 11 is 0. The van der Waals surface area contributed by atoms with Crippen molar-refractivity contribution in [3.63, 3.8) is 0 Å². The maximum Gasteiger partial charge on any atom is 0.335 e. The molecule has 2 atom stereocenters. The summed E-state index contributed by atoms with van der Waals surface area (Å²) in [5.41, 5.74) is 1.47. The van der Waals surface area contributed by atoms with Gasteiger partial charge in [-0.05, 0) is 63.4 Å². The number of benzene rings is 1. The topological polar surface area (TPSA) is 53.0 Å². The van der Waals surface area contributed by atoms with Crippen LogP contribution in [0.5, 0.6) is 0 Å². The summed E-state index contributed by atoms with van der Waals surface area (Å²) in [4.78, 5) is 16.1. The first-order valence-corrected chi connectivity index (χ1v) is 9.42. The summed E-state index contributed by atoms with van der Waals surface area (Å²) in [5.74, 6) is -0.0892. The molecule has 0 aliphatic carbocycles. The molecule has 1 aromatic carbocycles. The number of nitrogens with zero attached hydrogens (tertiary/aromatic N) is 2. The minimum Gasteiger partial charge on any atom is -0.478 e. The molecule has 2 fully saturated rings. The molecule has 138 valence electrons. The Morgan fingerprint density at radius 2 is 1.84 bits per heavy atom. The summed E-state index contributed by atoms with van der Waals surface area (Å²) in [5, 5.41) is 9.12. The monoisotopic (exact) mass is 346 g/mol. The van der Waals surface area contributed by atoms with Crippen LogP contribution < -0.4 is 0 Å². The van der Waals surface area contributed by atoms with Gasteiger partial charge in [-0.15, -0.1) is 0 Å². The molecule has 5 nitrogen and oxygen atoms in total. The first-order valence-electron chi connectivity index (χ1n) is 9.42. The Morgan fingerprint density at radius 1 is 1.16 bits per heavy atom. The van der Waals surface area contributed by atoms with E-state index in [1.54, 1.807) is 12.1 Å². The van der Waals surface area contributed by atoms with Gasteiger partial charge in [-0.1, -0.05) is 12.1 Å². The highest BCUT2D eigenvalue weighted by Gasteiger charge is 2.26. The zero-order valence-corrected chi connectivity index (χ0v) is 15.4.